The predicted molar refractivity (Wildman–Crippen MR) is 84.7 cm³/mol. The van der Waals surface area contributed by atoms with Gasteiger partial charge in [-0.25, -0.2) is 9.97 Å². The van der Waals surface area contributed by atoms with E-state index in [2.05, 4.69) is 50.3 Å². The maximum absolute atomic E-state index is 4.41. The summed E-state index contributed by atoms with van der Waals surface area (Å²) in [5, 5.41) is 3.43. The summed E-state index contributed by atoms with van der Waals surface area (Å²) in [6.07, 6.45) is 3.61. The van der Waals surface area contributed by atoms with E-state index in [9.17, 15) is 0 Å². The molecule has 1 N–H and O–H groups in total. The van der Waals surface area contributed by atoms with Crippen molar-refractivity contribution in [2.75, 3.05) is 5.32 Å². The Morgan fingerprint density at radius 2 is 1.90 bits per heavy atom. The smallest absolute Gasteiger partial charge is 0.154 e. The Hall–Kier alpha value is -1.88. The number of aryl methyl sites for hydroxylation is 1. The van der Waals surface area contributed by atoms with Gasteiger partial charge in [0.25, 0.3) is 0 Å². The van der Waals surface area contributed by atoms with Crippen molar-refractivity contribution < 1.29 is 0 Å². The third-order valence-corrected chi connectivity index (χ3v) is 3.89. The number of halogens is 1. The number of hydrogen-bond donors (Lipinski definition) is 1. The highest BCUT2D eigenvalue weighted by atomic mass is 79.9. The highest BCUT2D eigenvalue weighted by Crippen LogP contribution is 2.24. The second-order valence-electron chi connectivity index (χ2n) is 4.80. The van der Waals surface area contributed by atoms with Crippen LogP contribution in [0.3, 0.4) is 0 Å². The maximum Gasteiger partial charge on any atom is 0.154 e. The third-order valence-electron chi connectivity index (χ3n) is 3.37. The van der Waals surface area contributed by atoms with E-state index in [1.807, 2.05) is 36.1 Å². The number of aromatic nitrogens is 3. The van der Waals surface area contributed by atoms with Crippen LogP contribution in [0.2, 0.25) is 0 Å². The molecule has 3 rings (SSSR count). The number of nitrogens with zero attached hydrogens (tertiary/aromatic N) is 3. The normalized spacial score (nSPS) is 12.6. The van der Waals surface area contributed by atoms with Crippen LogP contribution < -0.4 is 5.32 Å². The van der Waals surface area contributed by atoms with Crippen LogP contribution in [0.5, 0.6) is 0 Å². The average Bonchev–Trinajstić information content (AvgIpc) is 2.82. The second kappa shape index (κ2) is 5.25. The van der Waals surface area contributed by atoms with Gasteiger partial charge in [0.2, 0.25) is 0 Å². The zero-order chi connectivity index (χ0) is 14.1. The first kappa shape index (κ1) is 13.1. The molecule has 0 aliphatic rings. The molecule has 0 bridgehead atoms. The number of anilines is 1. The fourth-order valence-electron chi connectivity index (χ4n) is 2.21. The molecule has 1 atom stereocenters. The van der Waals surface area contributed by atoms with Gasteiger partial charge in [0.15, 0.2) is 5.82 Å². The lowest BCUT2D eigenvalue weighted by molar-refractivity contribution is 0.876. The lowest BCUT2D eigenvalue weighted by Gasteiger charge is -2.15. The number of nitrogens with one attached hydrogen (secondary N) is 1. The van der Waals surface area contributed by atoms with E-state index in [0.717, 1.165) is 21.3 Å². The molecule has 4 nitrogen and oxygen atoms in total. The van der Waals surface area contributed by atoms with E-state index in [4.69, 9.17) is 0 Å². The zero-order valence-corrected chi connectivity index (χ0v) is 12.9. The van der Waals surface area contributed by atoms with Gasteiger partial charge in [-0.1, -0.05) is 28.1 Å². The van der Waals surface area contributed by atoms with Gasteiger partial charge in [-0.3, -0.25) is 0 Å². The number of fused-ring (bicyclic) bond motifs is 1. The molecular weight excluding hydrogens is 316 g/mol. The fraction of sp³-hybridized carbons (Fsp3) is 0.200. The van der Waals surface area contributed by atoms with Crippen molar-refractivity contribution >= 4 is 32.8 Å². The van der Waals surface area contributed by atoms with Gasteiger partial charge in [-0.2, -0.15) is 0 Å². The molecular formula is C15H15BrN4. The van der Waals surface area contributed by atoms with Crippen molar-refractivity contribution in [3.63, 3.8) is 0 Å². The van der Waals surface area contributed by atoms with Crippen molar-refractivity contribution in [1.29, 1.82) is 0 Å². The molecule has 0 radical (unpaired) electrons. The molecule has 2 heterocycles. The molecule has 5 heteroatoms. The minimum absolute atomic E-state index is 0.170. The van der Waals surface area contributed by atoms with Gasteiger partial charge in [0, 0.05) is 17.7 Å². The van der Waals surface area contributed by atoms with E-state index in [1.54, 1.807) is 6.20 Å². The summed E-state index contributed by atoms with van der Waals surface area (Å²) in [6, 6.07) is 10.4. The summed E-state index contributed by atoms with van der Waals surface area (Å²) >= 11 is 3.45. The second-order valence-corrected chi connectivity index (χ2v) is 5.72. The molecule has 1 aromatic carbocycles. The maximum atomic E-state index is 4.41. The molecule has 0 fully saturated rings. The molecule has 0 aliphatic heterocycles. The molecule has 20 heavy (non-hydrogen) atoms. The fourth-order valence-corrected chi connectivity index (χ4v) is 2.47. The topological polar surface area (TPSA) is 42.7 Å². The molecule has 2 aromatic heterocycles. The molecule has 102 valence electrons. The summed E-state index contributed by atoms with van der Waals surface area (Å²) in [6.45, 7) is 2.12. The van der Waals surface area contributed by atoms with Gasteiger partial charge in [-0.05, 0) is 30.7 Å². The Labute approximate surface area is 126 Å². The molecule has 0 aliphatic carbocycles. The lowest BCUT2D eigenvalue weighted by atomic mass is 10.1. The largest absolute Gasteiger partial charge is 0.362 e. The van der Waals surface area contributed by atoms with Crippen molar-refractivity contribution in [3.8, 4) is 0 Å². The summed E-state index contributed by atoms with van der Waals surface area (Å²) in [7, 11) is 1.98. The Morgan fingerprint density at radius 3 is 2.65 bits per heavy atom. The van der Waals surface area contributed by atoms with Crippen LogP contribution in [0.15, 0.2) is 47.3 Å². The molecule has 1 unspecified atom stereocenters. The molecule has 0 spiro atoms. The number of imidazole rings is 1. The molecule has 0 saturated carbocycles. The third kappa shape index (κ3) is 2.41. The quantitative estimate of drug-likeness (QED) is 0.791. The highest BCUT2D eigenvalue weighted by molar-refractivity contribution is 9.10. The SMILES string of the molecule is CC(Nc1nccc2c1ncn2C)c1ccc(Br)cc1. The van der Waals surface area contributed by atoms with E-state index in [0.29, 0.717) is 0 Å². The minimum Gasteiger partial charge on any atom is -0.362 e. The minimum atomic E-state index is 0.170. The Bertz CT molecular complexity index is 733. The van der Waals surface area contributed by atoms with Crippen molar-refractivity contribution in [3.05, 3.63) is 52.9 Å². The van der Waals surface area contributed by atoms with E-state index in [-0.39, 0.29) is 6.04 Å². The van der Waals surface area contributed by atoms with E-state index >= 15 is 0 Å². The van der Waals surface area contributed by atoms with Gasteiger partial charge < -0.3 is 9.88 Å². The van der Waals surface area contributed by atoms with Crippen LogP contribution in [0.1, 0.15) is 18.5 Å². The predicted octanol–water partition coefficient (Wildman–Crippen LogP) is 3.90. The Morgan fingerprint density at radius 1 is 1.15 bits per heavy atom. The van der Waals surface area contributed by atoms with Crippen LogP contribution in [0, 0.1) is 0 Å². The van der Waals surface area contributed by atoms with E-state index in [1.165, 1.54) is 5.56 Å². The van der Waals surface area contributed by atoms with Crippen molar-refractivity contribution in [1.82, 2.24) is 14.5 Å². The van der Waals surface area contributed by atoms with Crippen LogP contribution >= 0.6 is 15.9 Å². The van der Waals surface area contributed by atoms with Gasteiger partial charge in [0.1, 0.15) is 5.52 Å². The van der Waals surface area contributed by atoms with Crippen molar-refractivity contribution in [2.24, 2.45) is 7.05 Å². The van der Waals surface area contributed by atoms with Crippen LogP contribution in [-0.4, -0.2) is 14.5 Å². The number of hydrogen-bond acceptors (Lipinski definition) is 3. The molecule has 0 amide bonds. The van der Waals surface area contributed by atoms with Gasteiger partial charge in [-0.15, -0.1) is 0 Å². The van der Waals surface area contributed by atoms with Crippen LogP contribution in [-0.2, 0) is 7.05 Å². The molecule has 0 saturated heterocycles. The lowest BCUT2D eigenvalue weighted by Crippen LogP contribution is -2.08. The van der Waals surface area contributed by atoms with Crippen molar-refractivity contribution in [2.45, 2.75) is 13.0 Å². The van der Waals surface area contributed by atoms with Crippen LogP contribution in [0.4, 0.5) is 5.82 Å². The Kier molecular flexibility index (Phi) is 3.44. The first-order valence-electron chi connectivity index (χ1n) is 6.43. The first-order valence-corrected chi connectivity index (χ1v) is 7.22. The van der Waals surface area contributed by atoms with E-state index < -0.39 is 0 Å². The van der Waals surface area contributed by atoms with Gasteiger partial charge in [0.05, 0.1) is 17.9 Å². The Balaban J connectivity index is 1.91. The van der Waals surface area contributed by atoms with Crippen LogP contribution in [0.25, 0.3) is 11.0 Å². The highest BCUT2D eigenvalue weighted by Gasteiger charge is 2.11. The monoisotopic (exact) mass is 330 g/mol. The number of rotatable bonds is 3. The summed E-state index contributed by atoms with van der Waals surface area (Å²) in [4.78, 5) is 8.82. The summed E-state index contributed by atoms with van der Waals surface area (Å²) in [5.74, 6) is 0.818. The first-order chi connectivity index (χ1) is 9.65. The average molecular weight is 331 g/mol. The molecule has 3 aromatic rings. The summed E-state index contributed by atoms with van der Waals surface area (Å²) < 4.78 is 3.07. The number of pyridine rings is 1. The standard InChI is InChI=1S/C15H15BrN4/c1-10(11-3-5-12(16)6-4-11)19-15-14-13(7-8-17-15)20(2)9-18-14/h3-10H,1-2H3,(H,17,19). The summed E-state index contributed by atoms with van der Waals surface area (Å²) in [5.41, 5.74) is 3.19. The zero-order valence-electron chi connectivity index (χ0n) is 11.3. The number of benzene rings is 1. The van der Waals surface area contributed by atoms with Gasteiger partial charge >= 0.3 is 0 Å².